The molecule has 0 saturated carbocycles. The molecule has 2 aromatic heterocycles. The van der Waals surface area contributed by atoms with Crippen molar-refractivity contribution in [2.45, 2.75) is 13.1 Å². The number of piperazine rings is 1. The number of ether oxygens (including phenoxy) is 1. The van der Waals surface area contributed by atoms with Gasteiger partial charge in [-0.25, -0.2) is 9.79 Å². The molecule has 0 spiro atoms. The summed E-state index contributed by atoms with van der Waals surface area (Å²) in [5.74, 6) is 0.353. The molecule has 0 atom stereocenters. The first-order chi connectivity index (χ1) is 19.1. The Bertz CT molecular complexity index is 1730. The fourth-order valence-corrected chi connectivity index (χ4v) is 5.03. The molecule has 1 aliphatic heterocycles. The smallest absolute Gasteiger partial charge is 0.418 e. The Morgan fingerprint density at radius 1 is 1.15 bits per heavy atom. The van der Waals surface area contributed by atoms with Crippen LogP contribution >= 0.6 is 0 Å². The highest BCUT2D eigenvalue weighted by atomic mass is 19.4. The molecule has 0 aliphatic carbocycles. The Labute approximate surface area is 228 Å². The van der Waals surface area contributed by atoms with Crippen LogP contribution in [0.25, 0.3) is 33.2 Å². The van der Waals surface area contributed by atoms with E-state index in [0.29, 0.717) is 54.0 Å². The van der Waals surface area contributed by atoms with Crippen LogP contribution in [0.5, 0.6) is 0 Å². The van der Waals surface area contributed by atoms with Gasteiger partial charge < -0.3 is 15.0 Å². The van der Waals surface area contributed by atoms with E-state index in [0.717, 1.165) is 17.2 Å². The number of aliphatic imine (C=N–C) groups is 1. The monoisotopic (exact) mass is 550 g/mol. The van der Waals surface area contributed by atoms with Gasteiger partial charge in [0.2, 0.25) is 5.88 Å². The minimum atomic E-state index is -4.60. The third-order valence-corrected chi connectivity index (χ3v) is 7.18. The van der Waals surface area contributed by atoms with Crippen molar-refractivity contribution >= 4 is 39.9 Å². The van der Waals surface area contributed by atoms with E-state index in [2.05, 4.69) is 22.0 Å². The van der Waals surface area contributed by atoms with Gasteiger partial charge in [0.15, 0.2) is 0 Å². The second kappa shape index (κ2) is 10.6. The number of nitrogens with one attached hydrogen (secondary N) is 1. The summed E-state index contributed by atoms with van der Waals surface area (Å²) in [6.45, 7) is 7.51. The van der Waals surface area contributed by atoms with Crippen LogP contribution in [0.3, 0.4) is 0 Å². The van der Waals surface area contributed by atoms with E-state index in [1.807, 2.05) is 31.2 Å². The molecule has 1 aliphatic rings. The molecule has 1 saturated heterocycles. The fraction of sp³-hybridized carbons (Fsp3) is 0.276. The second-order valence-electron chi connectivity index (χ2n) is 9.55. The minimum Gasteiger partial charge on any atom is -0.481 e. The summed E-state index contributed by atoms with van der Waals surface area (Å²) in [5.41, 5.74) is 2.32. The lowest BCUT2D eigenvalue weighted by Gasteiger charge is -2.31. The molecule has 1 N–H and O–H groups in total. The van der Waals surface area contributed by atoms with Gasteiger partial charge in [-0.3, -0.25) is 14.1 Å². The molecular weight excluding hydrogens is 521 g/mol. The number of alkyl halides is 3. The van der Waals surface area contributed by atoms with E-state index in [9.17, 15) is 18.0 Å². The summed E-state index contributed by atoms with van der Waals surface area (Å²) in [6.07, 6.45) is 0.478. The summed E-state index contributed by atoms with van der Waals surface area (Å²) >= 11 is 0. The molecule has 0 unspecified atom stereocenters. The van der Waals surface area contributed by atoms with Crippen LogP contribution in [0.15, 0.2) is 70.4 Å². The number of anilines is 1. The van der Waals surface area contributed by atoms with Crippen molar-refractivity contribution in [3.8, 4) is 5.69 Å². The number of allylic oxidation sites excluding steroid dienone is 3. The minimum absolute atomic E-state index is 0.109. The maximum Gasteiger partial charge on any atom is 0.418 e. The zero-order valence-electron chi connectivity index (χ0n) is 22.4. The van der Waals surface area contributed by atoms with Crippen molar-refractivity contribution in [2.75, 3.05) is 38.2 Å². The van der Waals surface area contributed by atoms with Crippen molar-refractivity contribution in [2.24, 2.45) is 12.0 Å². The maximum atomic E-state index is 14.3. The molecule has 8 nitrogen and oxygen atoms in total. The van der Waals surface area contributed by atoms with Gasteiger partial charge in [-0.2, -0.15) is 13.2 Å². The Kier molecular flexibility index (Phi) is 7.24. The van der Waals surface area contributed by atoms with E-state index >= 15 is 0 Å². The molecule has 11 heteroatoms. The zero-order valence-corrected chi connectivity index (χ0v) is 22.4. The van der Waals surface area contributed by atoms with E-state index < -0.39 is 17.4 Å². The lowest BCUT2D eigenvalue weighted by atomic mass is 10.0. The molecule has 2 aromatic carbocycles. The number of nitrogens with zero attached hydrogens (tertiary/aromatic N) is 5. The Balaban J connectivity index is 1.73. The quantitative estimate of drug-likeness (QED) is 0.210. The Morgan fingerprint density at radius 2 is 1.90 bits per heavy atom. The number of pyridine rings is 1. The van der Waals surface area contributed by atoms with Crippen LogP contribution in [0.4, 0.5) is 18.9 Å². The highest BCUT2D eigenvalue weighted by molar-refractivity contribution is 6.04. The van der Waals surface area contributed by atoms with Crippen LogP contribution in [0.2, 0.25) is 0 Å². The SMILES string of the molecule is C=N/C(=C\C=C(/C)c1ccc2ncc3c(c2c1)n(-c1ccc(N2CCNCC2)c(C(F)(F)F)c1)c(=O)n3C)OC. The summed E-state index contributed by atoms with van der Waals surface area (Å²) in [7, 11) is 3.08. The average molecular weight is 551 g/mol. The van der Waals surface area contributed by atoms with Crippen molar-refractivity contribution < 1.29 is 17.9 Å². The molecule has 0 bridgehead atoms. The number of rotatable bonds is 6. The topological polar surface area (TPSA) is 76.7 Å². The molecular formula is C29H29F3N6O2. The number of hydrogen-bond acceptors (Lipinski definition) is 6. The van der Waals surface area contributed by atoms with E-state index in [-0.39, 0.29) is 11.4 Å². The van der Waals surface area contributed by atoms with Crippen molar-refractivity contribution in [3.63, 3.8) is 0 Å². The standard InChI is InChI=1S/C29H29F3N6O2/c1-18(5-10-26(33-2)40-4)19-6-8-23-21(15-19)27-25(17-35-23)36(3)28(39)38(27)20-7-9-24(22(16-20)29(30,31)32)37-13-11-34-12-14-37/h5-10,15-17,34H,2,11-14H2,1,3-4H3/b18-5+,26-10+. The largest absolute Gasteiger partial charge is 0.481 e. The van der Waals surface area contributed by atoms with Gasteiger partial charge in [-0.15, -0.1) is 0 Å². The van der Waals surface area contributed by atoms with Crippen molar-refractivity contribution in [1.29, 1.82) is 0 Å². The van der Waals surface area contributed by atoms with Crippen molar-refractivity contribution in [3.05, 3.63) is 82.2 Å². The van der Waals surface area contributed by atoms with Crippen LogP contribution in [-0.4, -0.2) is 54.1 Å². The van der Waals surface area contributed by atoms with Gasteiger partial charge in [-0.1, -0.05) is 12.1 Å². The van der Waals surface area contributed by atoms with E-state index in [1.54, 1.807) is 30.3 Å². The third kappa shape index (κ3) is 4.88. The highest BCUT2D eigenvalue weighted by Gasteiger charge is 2.36. The van der Waals surface area contributed by atoms with Gasteiger partial charge in [0.05, 0.1) is 41.1 Å². The number of halogens is 3. The lowest BCUT2D eigenvalue weighted by molar-refractivity contribution is -0.137. The molecule has 40 heavy (non-hydrogen) atoms. The fourth-order valence-electron chi connectivity index (χ4n) is 5.03. The summed E-state index contributed by atoms with van der Waals surface area (Å²) < 4.78 is 50.8. The first kappa shape index (κ1) is 27.2. The number of imidazole rings is 1. The number of fused-ring (bicyclic) bond motifs is 3. The predicted octanol–water partition coefficient (Wildman–Crippen LogP) is 4.90. The molecule has 208 valence electrons. The Morgan fingerprint density at radius 3 is 2.58 bits per heavy atom. The number of aryl methyl sites for hydroxylation is 1. The predicted molar refractivity (Wildman–Crippen MR) is 152 cm³/mol. The normalized spacial score (nSPS) is 15.2. The first-order valence-electron chi connectivity index (χ1n) is 12.7. The maximum absolute atomic E-state index is 14.3. The van der Waals surface area contributed by atoms with Gasteiger partial charge in [0.1, 0.15) is 0 Å². The molecule has 5 rings (SSSR count). The molecule has 0 amide bonds. The van der Waals surface area contributed by atoms with E-state index in [4.69, 9.17) is 4.74 Å². The molecule has 3 heterocycles. The lowest BCUT2D eigenvalue weighted by Crippen LogP contribution is -2.44. The van der Waals surface area contributed by atoms with Crippen LogP contribution in [0, 0.1) is 0 Å². The second-order valence-corrected chi connectivity index (χ2v) is 9.55. The summed E-state index contributed by atoms with van der Waals surface area (Å²) in [5, 5.41) is 3.80. The number of aromatic nitrogens is 3. The molecule has 0 radical (unpaired) electrons. The number of hydrogen-bond donors (Lipinski definition) is 1. The van der Waals surface area contributed by atoms with Crippen LogP contribution in [-0.2, 0) is 18.0 Å². The number of methoxy groups -OCH3 is 1. The first-order valence-corrected chi connectivity index (χ1v) is 12.7. The third-order valence-electron chi connectivity index (χ3n) is 7.18. The van der Waals surface area contributed by atoms with Gasteiger partial charge >= 0.3 is 11.9 Å². The molecule has 4 aromatic rings. The van der Waals surface area contributed by atoms with Crippen LogP contribution in [0.1, 0.15) is 18.1 Å². The highest BCUT2D eigenvalue weighted by Crippen LogP contribution is 2.39. The Hall–Kier alpha value is -4.38. The van der Waals surface area contributed by atoms with Gasteiger partial charge in [0.25, 0.3) is 0 Å². The van der Waals surface area contributed by atoms with E-state index in [1.165, 1.54) is 22.3 Å². The summed E-state index contributed by atoms with van der Waals surface area (Å²) in [4.78, 5) is 23.5. The van der Waals surface area contributed by atoms with Crippen molar-refractivity contribution in [1.82, 2.24) is 19.4 Å². The van der Waals surface area contributed by atoms with Gasteiger partial charge in [0, 0.05) is 50.4 Å². The molecule has 1 fully saturated rings. The van der Waals surface area contributed by atoms with Gasteiger partial charge in [-0.05, 0) is 55.1 Å². The summed E-state index contributed by atoms with van der Waals surface area (Å²) in [6, 6.07) is 9.71. The number of benzene rings is 2. The average Bonchev–Trinajstić information content (AvgIpc) is 3.22. The van der Waals surface area contributed by atoms with Crippen LogP contribution < -0.4 is 15.9 Å². The zero-order chi connectivity index (χ0) is 28.6.